The molecular formula is C17H22O5Si. The number of carbonyl (C=O) groups is 2. The molecule has 0 saturated heterocycles. The summed E-state index contributed by atoms with van der Waals surface area (Å²) in [4.78, 5) is 24.6. The van der Waals surface area contributed by atoms with Gasteiger partial charge in [0.25, 0.3) is 0 Å². The molecule has 23 heavy (non-hydrogen) atoms. The fraction of sp³-hybridized carbons (Fsp3) is 0.412. The van der Waals surface area contributed by atoms with E-state index >= 15 is 0 Å². The van der Waals surface area contributed by atoms with E-state index in [1.165, 1.54) is 14.2 Å². The number of benzene rings is 1. The van der Waals surface area contributed by atoms with E-state index < -0.39 is 20.0 Å². The Hall–Kier alpha value is -2.08. The van der Waals surface area contributed by atoms with Gasteiger partial charge in [-0.25, -0.2) is 9.59 Å². The van der Waals surface area contributed by atoms with Crippen molar-refractivity contribution >= 4 is 25.2 Å². The highest BCUT2D eigenvalue weighted by molar-refractivity contribution is 7.00. The molecule has 124 valence electrons. The second-order valence-corrected chi connectivity index (χ2v) is 9.99. The maximum Gasteiger partial charge on any atom is 0.333 e. The first-order valence-corrected chi connectivity index (χ1v) is 10.2. The van der Waals surface area contributed by atoms with Gasteiger partial charge in [0.15, 0.2) is 0 Å². The highest BCUT2D eigenvalue weighted by Gasteiger charge is 2.44. The van der Waals surface area contributed by atoms with Crippen molar-refractivity contribution in [3.63, 3.8) is 0 Å². The molecule has 0 saturated carbocycles. The SMILES string of the molecule is COC(=O)C1=C(C(=O)OC)[Si@](C)(c2ccc(OC)cc2)CCC1. The van der Waals surface area contributed by atoms with Crippen molar-refractivity contribution in [2.24, 2.45) is 0 Å². The first-order valence-electron chi connectivity index (χ1n) is 7.52. The summed E-state index contributed by atoms with van der Waals surface area (Å²) >= 11 is 0. The predicted molar refractivity (Wildman–Crippen MR) is 89.3 cm³/mol. The molecule has 0 aromatic heterocycles. The van der Waals surface area contributed by atoms with Crippen LogP contribution in [0.5, 0.6) is 5.75 Å². The lowest BCUT2D eigenvalue weighted by atomic mass is 10.1. The van der Waals surface area contributed by atoms with Gasteiger partial charge >= 0.3 is 11.9 Å². The van der Waals surface area contributed by atoms with Gasteiger partial charge in [-0.3, -0.25) is 0 Å². The van der Waals surface area contributed by atoms with E-state index in [0.29, 0.717) is 17.2 Å². The van der Waals surface area contributed by atoms with E-state index in [4.69, 9.17) is 14.2 Å². The number of hydrogen-bond donors (Lipinski definition) is 0. The zero-order valence-electron chi connectivity index (χ0n) is 14.0. The molecule has 0 fully saturated rings. The molecule has 0 unspecified atom stereocenters. The summed E-state index contributed by atoms with van der Waals surface area (Å²) in [5.74, 6) is -0.0913. The van der Waals surface area contributed by atoms with Crippen LogP contribution in [-0.4, -0.2) is 41.3 Å². The molecule has 0 amide bonds. The summed E-state index contributed by atoms with van der Waals surface area (Å²) in [6, 6.07) is 8.62. The normalized spacial score (nSPS) is 20.9. The van der Waals surface area contributed by atoms with Crippen molar-refractivity contribution < 1.29 is 23.8 Å². The summed E-state index contributed by atoms with van der Waals surface area (Å²) in [5, 5.41) is 1.61. The maximum absolute atomic E-state index is 12.4. The third kappa shape index (κ3) is 3.17. The van der Waals surface area contributed by atoms with E-state index in [0.717, 1.165) is 23.4 Å². The Balaban J connectivity index is 2.60. The van der Waals surface area contributed by atoms with Crippen molar-refractivity contribution in [1.29, 1.82) is 0 Å². The molecule has 0 radical (unpaired) electrons. The number of methoxy groups -OCH3 is 3. The number of esters is 2. The molecule has 1 heterocycles. The van der Waals surface area contributed by atoms with E-state index in [2.05, 4.69) is 6.55 Å². The average Bonchev–Trinajstić information content (AvgIpc) is 2.60. The van der Waals surface area contributed by atoms with E-state index in [9.17, 15) is 9.59 Å². The molecule has 1 aliphatic heterocycles. The Morgan fingerprint density at radius 1 is 1.00 bits per heavy atom. The van der Waals surface area contributed by atoms with Crippen LogP contribution >= 0.6 is 0 Å². The van der Waals surface area contributed by atoms with Gasteiger partial charge in [-0.1, -0.05) is 30.3 Å². The minimum absolute atomic E-state index is 0.421. The topological polar surface area (TPSA) is 61.8 Å². The highest BCUT2D eigenvalue weighted by Crippen LogP contribution is 2.34. The van der Waals surface area contributed by atoms with Crippen LogP contribution in [0.1, 0.15) is 12.8 Å². The second-order valence-electron chi connectivity index (χ2n) is 5.75. The zero-order chi connectivity index (χ0) is 17.0. The first kappa shape index (κ1) is 17.3. The molecule has 6 heteroatoms. The van der Waals surface area contributed by atoms with Crippen LogP contribution in [0.3, 0.4) is 0 Å². The Kier molecular flexibility index (Phi) is 5.25. The van der Waals surface area contributed by atoms with Gasteiger partial charge < -0.3 is 14.2 Å². The molecule has 5 nitrogen and oxygen atoms in total. The van der Waals surface area contributed by atoms with Crippen molar-refractivity contribution in [1.82, 2.24) is 0 Å². The second kappa shape index (κ2) is 7.00. The van der Waals surface area contributed by atoms with Crippen LogP contribution in [0.4, 0.5) is 0 Å². The third-order valence-corrected chi connectivity index (χ3v) is 9.08. The first-order chi connectivity index (χ1) is 11.0. The minimum Gasteiger partial charge on any atom is -0.497 e. The minimum atomic E-state index is -2.36. The van der Waals surface area contributed by atoms with Crippen LogP contribution in [0.2, 0.25) is 12.6 Å². The van der Waals surface area contributed by atoms with Gasteiger partial charge in [-0.2, -0.15) is 0 Å². The Labute approximate surface area is 137 Å². The Bertz CT molecular complexity index is 635. The Morgan fingerprint density at radius 3 is 2.13 bits per heavy atom. The monoisotopic (exact) mass is 334 g/mol. The van der Waals surface area contributed by atoms with Crippen molar-refractivity contribution in [2.45, 2.75) is 25.4 Å². The molecule has 1 aliphatic rings. The Morgan fingerprint density at radius 2 is 1.61 bits per heavy atom. The largest absolute Gasteiger partial charge is 0.497 e. The molecule has 2 rings (SSSR count). The van der Waals surface area contributed by atoms with E-state index in [1.807, 2.05) is 24.3 Å². The summed E-state index contributed by atoms with van der Waals surface area (Å²) in [5.41, 5.74) is 0.468. The molecule has 0 spiro atoms. The third-order valence-electron chi connectivity index (χ3n) is 4.51. The molecule has 0 N–H and O–H groups in total. The number of hydrogen-bond acceptors (Lipinski definition) is 5. The number of ether oxygens (including phenoxy) is 3. The fourth-order valence-electron chi connectivity index (χ4n) is 3.23. The van der Waals surface area contributed by atoms with Crippen LogP contribution in [-0.2, 0) is 19.1 Å². The number of rotatable bonds is 4. The molecule has 0 bridgehead atoms. The lowest BCUT2D eigenvalue weighted by Crippen LogP contribution is -2.52. The number of carbonyl (C=O) groups excluding carboxylic acids is 2. The van der Waals surface area contributed by atoms with Crippen molar-refractivity contribution in [3.8, 4) is 5.75 Å². The lowest BCUT2D eigenvalue weighted by molar-refractivity contribution is -0.139. The van der Waals surface area contributed by atoms with Crippen molar-refractivity contribution in [2.75, 3.05) is 21.3 Å². The van der Waals surface area contributed by atoms with Crippen LogP contribution in [0.25, 0.3) is 0 Å². The fourth-order valence-corrected chi connectivity index (χ4v) is 7.29. The molecule has 1 aromatic rings. The zero-order valence-corrected chi connectivity index (χ0v) is 15.0. The molecular weight excluding hydrogens is 312 g/mol. The van der Waals surface area contributed by atoms with Crippen LogP contribution < -0.4 is 9.92 Å². The summed E-state index contributed by atoms with van der Waals surface area (Å²) in [6.07, 6.45) is 1.41. The molecule has 1 atom stereocenters. The van der Waals surface area contributed by atoms with Gasteiger partial charge in [0, 0.05) is 10.8 Å². The van der Waals surface area contributed by atoms with Gasteiger partial charge in [0.1, 0.15) is 13.8 Å². The van der Waals surface area contributed by atoms with E-state index in [-0.39, 0.29) is 0 Å². The van der Waals surface area contributed by atoms with Crippen LogP contribution in [0.15, 0.2) is 35.0 Å². The van der Waals surface area contributed by atoms with Gasteiger partial charge in [0.2, 0.25) is 0 Å². The summed E-state index contributed by atoms with van der Waals surface area (Å²) in [7, 11) is 1.95. The van der Waals surface area contributed by atoms with Gasteiger partial charge in [-0.15, -0.1) is 0 Å². The highest BCUT2D eigenvalue weighted by atomic mass is 28.3. The molecule has 1 aromatic carbocycles. The van der Waals surface area contributed by atoms with Gasteiger partial charge in [-0.05, 0) is 24.6 Å². The quantitative estimate of drug-likeness (QED) is 0.622. The van der Waals surface area contributed by atoms with Gasteiger partial charge in [0.05, 0.1) is 21.3 Å². The summed E-state index contributed by atoms with van der Waals surface area (Å²) in [6.45, 7) is 2.10. The van der Waals surface area contributed by atoms with Crippen molar-refractivity contribution in [3.05, 3.63) is 35.0 Å². The average molecular weight is 334 g/mol. The smallest absolute Gasteiger partial charge is 0.333 e. The lowest BCUT2D eigenvalue weighted by Gasteiger charge is -2.34. The van der Waals surface area contributed by atoms with Crippen LogP contribution in [0, 0.1) is 0 Å². The maximum atomic E-state index is 12.4. The molecule has 0 aliphatic carbocycles. The summed E-state index contributed by atoms with van der Waals surface area (Å²) < 4.78 is 15.1. The predicted octanol–water partition coefficient (Wildman–Crippen LogP) is 1.96. The van der Waals surface area contributed by atoms with E-state index in [1.54, 1.807) is 7.11 Å². The standard InChI is InChI=1S/C17H22O5Si/c1-20-12-7-9-13(10-8-12)23(4)11-5-6-14(16(18)21-2)15(23)17(19)22-3/h7-10H,5-6,11H2,1-4H3/t23-/m0/s1.